The molecule has 1 unspecified atom stereocenters. The van der Waals surface area contributed by atoms with E-state index in [0.717, 1.165) is 0 Å². The van der Waals surface area contributed by atoms with Gasteiger partial charge in [0.1, 0.15) is 0 Å². The molecule has 34 valence electrons. The van der Waals surface area contributed by atoms with Crippen LogP contribution in [0.3, 0.4) is 0 Å². The molecule has 0 spiro atoms. The molecule has 0 fully saturated rings. The van der Waals surface area contributed by atoms with Gasteiger partial charge in [0, 0.05) is 0 Å². The maximum absolute atomic E-state index is 8.56. The van der Waals surface area contributed by atoms with Crippen molar-refractivity contribution in [2.24, 2.45) is 0 Å². The van der Waals surface area contributed by atoms with E-state index in [9.17, 15) is 0 Å². The first-order valence-electron chi connectivity index (χ1n) is 0.516. The van der Waals surface area contributed by atoms with Crippen molar-refractivity contribution < 1.29 is 118 Å². The zero-order valence-corrected chi connectivity index (χ0v) is 12.1. The van der Waals surface area contributed by atoms with Crippen molar-refractivity contribution in [1.82, 2.24) is 0 Å². The second-order valence-corrected chi connectivity index (χ2v) is 0.651. The second-order valence-electron chi connectivity index (χ2n) is 0.217. The van der Waals surface area contributed by atoms with Gasteiger partial charge in [-0.15, -0.1) is 0 Å². The van der Waals surface area contributed by atoms with Gasteiger partial charge < -0.3 is 33.1 Å². The average molecular weight is 270 g/mol. The van der Waals surface area contributed by atoms with Gasteiger partial charge in [0.2, 0.25) is 0 Å². The van der Waals surface area contributed by atoms with Crippen LogP contribution in [0.15, 0.2) is 0 Å². The van der Waals surface area contributed by atoms with Gasteiger partial charge in [-0.1, -0.05) is 0 Å². The summed E-state index contributed by atoms with van der Waals surface area (Å²) < 4.78 is 24.1. The van der Waals surface area contributed by atoms with Crippen LogP contribution >= 0.6 is 0 Å². The van der Waals surface area contributed by atoms with Crippen LogP contribution in [0.5, 0.6) is 0 Å². The molecule has 0 aromatic rings. The SMILES string of the molecule is O=S([O-])O.[I-].[K+].[Na+]. The summed E-state index contributed by atoms with van der Waals surface area (Å²) in [5, 5.41) is 0. The molecule has 0 amide bonds. The van der Waals surface area contributed by atoms with Gasteiger partial charge in [-0.2, -0.15) is 0 Å². The smallest absolute Gasteiger partial charge is 1.00 e. The van der Waals surface area contributed by atoms with E-state index in [-0.39, 0.29) is 105 Å². The van der Waals surface area contributed by atoms with Crippen LogP contribution in [-0.2, 0) is 11.4 Å². The second kappa shape index (κ2) is 16.2. The Bertz CT molecular complexity index is 37.9. The van der Waals surface area contributed by atoms with Gasteiger partial charge in [-0.3, -0.25) is 0 Å². The summed E-state index contributed by atoms with van der Waals surface area (Å²) >= 11 is -2.86. The van der Waals surface area contributed by atoms with Crippen LogP contribution in [0.1, 0.15) is 0 Å². The minimum atomic E-state index is -2.86. The van der Waals surface area contributed by atoms with Gasteiger partial charge in [-0.05, 0) is 0 Å². The number of halogens is 1. The van der Waals surface area contributed by atoms with E-state index in [1.165, 1.54) is 0 Å². The molecule has 0 radical (unpaired) electrons. The van der Waals surface area contributed by atoms with Crippen molar-refractivity contribution in [3.05, 3.63) is 0 Å². The Hall–Kier alpha value is 3.44. The van der Waals surface area contributed by atoms with Gasteiger partial charge in [0.05, 0.1) is 11.4 Å². The molecule has 0 bridgehead atoms. The number of hydrogen-bond donors (Lipinski definition) is 1. The van der Waals surface area contributed by atoms with Crippen LogP contribution in [0.4, 0.5) is 0 Å². The fourth-order valence-corrected chi connectivity index (χ4v) is 0. The predicted molar refractivity (Wildman–Crippen MR) is 11.5 cm³/mol. The summed E-state index contributed by atoms with van der Waals surface area (Å²) in [6.07, 6.45) is 0. The first-order valence-corrected chi connectivity index (χ1v) is 1.55. The van der Waals surface area contributed by atoms with Crippen molar-refractivity contribution in [2.45, 2.75) is 0 Å². The normalized spacial score (nSPS) is 8.86. The summed E-state index contributed by atoms with van der Waals surface area (Å²) in [6.45, 7) is 0. The Kier molecular flexibility index (Phi) is 52.0. The summed E-state index contributed by atoms with van der Waals surface area (Å²) in [5.74, 6) is 0. The summed E-state index contributed by atoms with van der Waals surface area (Å²) in [7, 11) is 0. The quantitative estimate of drug-likeness (QED) is 0.270. The van der Waals surface area contributed by atoms with Crippen LogP contribution in [-0.4, -0.2) is 13.3 Å². The largest absolute Gasteiger partial charge is 1.00 e. The van der Waals surface area contributed by atoms with Crippen molar-refractivity contribution >= 4 is 11.4 Å². The molecular weight excluding hydrogens is 269 g/mol. The molecule has 1 atom stereocenters. The van der Waals surface area contributed by atoms with Crippen LogP contribution in [0.25, 0.3) is 0 Å². The van der Waals surface area contributed by atoms with Gasteiger partial charge in [0.25, 0.3) is 0 Å². The Morgan fingerprint density at radius 1 is 1.57 bits per heavy atom. The topological polar surface area (TPSA) is 60.4 Å². The molecule has 0 saturated carbocycles. The van der Waals surface area contributed by atoms with Gasteiger partial charge in [0.15, 0.2) is 0 Å². The van der Waals surface area contributed by atoms with Crippen molar-refractivity contribution in [3.8, 4) is 0 Å². The summed E-state index contributed by atoms with van der Waals surface area (Å²) in [5.41, 5.74) is 0. The van der Waals surface area contributed by atoms with E-state index in [2.05, 4.69) is 0 Å². The average Bonchev–Trinajstić information content (AvgIpc) is 0.811. The first-order chi connectivity index (χ1) is 1.73. The van der Waals surface area contributed by atoms with E-state index in [1.54, 1.807) is 0 Å². The zero-order valence-electron chi connectivity index (χ0n) is 4.05. The standard InChI is InChI=1S/HI.K.Na.H2O3S/c;;;1-4(2)3/h1H;;;(H2,1,2,3)/q;2*+1;/p-2. The number of rotatable bonds is 0. The predicted octanol–water partition coefficient (Wildman–Crippen LogP) is -9.65. The van der Waals surface area contributed by atoms with Crippen molar-refractivity contribution in [3.63, 3.8) is 0 Å². The van der Waals surface area contributed by atoms with Crippen molar-refractivity contribution in [1.29, 1.82) is 0 Å². The van der Waals surface area contributed by atoms with E-state index in [4.69, 9.17) is 13.3 Å². The fourth-order valence-electron chi connectivity index (χ4n) is 0. The minimum Gasteiger partial charge on any atom is -1.00 e. The summed E-state index contributed by atoms with van der Waals surface area (Å²) in [6, 6.07) is 0. The van der Waals surface area contributed by atoms with E-state index >= 15 is 0 Å². The van der Waals surface area contributed by atoms with E-state index in [0.29, 0.717) is 0 Å². The van der Waals surface area contributed by atoms with E-state index in [1.807, 2.05) is 0 Å². The molecule has 0 aliphatic heterocycles. The molecule has 7 heavy (non-hydrogen) atoms. The molecule has 7 heteroatoms. The third-order valence-electron chi connectivity index (χ3n) is 0. The molecule has 0 aromatic carbocycles. The molecule has 0 heterocycles. The van der Waals surface area contributed by atoms with Crippen LogP contribution in [0.2, 0.25) is 0 Å². The third kappa shape index (κ3) is 44.2. The zero-order chi connectivity index (χ0) is 3.58. The van der Waals surface area contributed by atoms with Crippen LogP contribution < -0.4 is 105 Å². The molecule has 0 aliphatic rings. The molecule has 0 aliphatic carbocycles. The Balaban J connectivity index is -0.0000000150. The molecule has 0 aromatic heterocycles. The fraction of sp³-hybridized carbons (Fsp3) is 0. The van der Waals surface area contributed by atoms with Crippen LogP contribution in [0, 0.1) is 0 Å². The van der Waals surface area contributed by atoms with Gasteiger partial charge in [-0.25, -0.2) is 4.21 Å². The monoisotopic (exact) mass is 270 g/mol. The Labute approximate surface area is 126 Å². The summed E-state index contributed by atoms with van der Waals surface area (Å²) in [4.78, 5) is 0. The van der Waals surface area contributed by atoms with E-state index < -0.39 is 11.4 Å². The Morgan fingerprint density at radius 2 is 1.57 bits per heavy atom. The first kappa shape index (κ1) is 22.4. The number of hydrogen-bond acceptors (Lipinski definition) is 2. The molecule has 0 rings (SSSR count). The van der Waals surface area contributed by atoms with Gasteiger partial charge >= 0.3 is 80.9 Å². The van der Waals surface area contributed by atoms with Crippen molar-refractivity contribution in [2.75, 3.05) is 0 Å². The minimum absolute atomic E-state index is 0. The molecular formula is HIKNaO3S. The molecule has 1 N–H and O–H groups in total. The molecule has 3 nitrogen and oxygen atoms in total. The third-order valence-corrected chi connectivity index (χ3v) is 0. The molecule has 0 saturated heterocycles. The maximum Gasteiger partial charge on any atom is 1.00 e. The maximum atomic E-state index is 8.56. The Morgan fingerprint density at radius 3 is 1.57 bits per heavy atom.